The van der Waals surface area contributed by atoms with E-state index in [4.69, 9.17) is 0 Å². The molecular weight excluding hydrogens is 477 g/mol. The lowest BCUT2D eigenvalue weighted by atomic mass is 9.98. The van der Waals surface area contributed by atoms with Gasteiger partial charge in [0.25, 0.3) is 10.0 Å². The van der Waals surface area contributed by atoms with Crippen molar-refractivity contribution < 1.29 is 21.2 Å². The van der Waals surface area contributed by atoms with Crippen LogP contribution in [0.4, 0.5) is 10.1 Å². The van der Waals surface area contributed by atoms with Crippen molar-refractivity contribution in [2.75, 3.05) is 10.5 Å². The maximum atomic E-state index is 13.5. The zero-order chi connectivity index (χ0) is 24.5. The molecule has 3 aromatic rings. The van der Waals surface area contributed by atoms with Gasteiger partial charge in [-0.3, -0.25) is 4.72 Å². The summed E-state index contributed by atoms with van der Waals surface area (Å²) in [4.78, 5) is -0.0547. The normalized spacial score (nSPS) is 16.4. The van der Waals surface area contributed by atoms with Crippen molar-refractivity contribution in [2.45, 2.75) is 31.2 Å². The fraction of sp³-hybridized carbons (Fsp3) is 0.208. The van der Waals surface area contributed by atoms with Gasteiger partial charge >= 0.3 is 0 Å². The highest BCUT2D eigenvalue weighted by Crippen LogP contribution is 2.37. The third-order valence-corrected chi connectivity index (χ3v) is 8.53. The van der Waals surface area contributed by atoms with E-state index in [2.05, 4.69) is 9.82 Å². The van der Waals surface area contributed by atoms with Gasteiger partial charge in [0, 0.05) is 12.1 Å². The van der Waals surface area contributed by atoms with Crippen molar-refractivity contribution in [3.8, 4) is 0 Å². The van der Waals surface area contributed by atoms with Crippen LogP contribution in [0.1, 0.15) is 36.1 Å². The standard InChI is InChI=1S/C24H24FN3O4S2/c1-3-33(29,30)27-21-11-7-18(8-12-21)23-16-24(19-6-4-5-17(2)15-19)28(26-23)34(31,32)22-13-9-20(25)10-14-22/h4-15,24,27H,3,16H2,1-2H3. The van der Waals surface area contributed by atoms with Crippen LogP contribution in [0.3, 0.4) is 0 Å². The average Bonchev–Trinajstić information content (AvgIpc) is 3.26. The van der Waals surface area contributed by atoms with Crippen LogP contribution in [0.2, 0.25) is 0 Å². The van der Waals surface area contributed by atoms with Gasteiger partial charge < -0.3 is 0 Å². The lowest BCUT2D eigenvalue weighted by molar-refractivity contribution is 0.371. The monoisotopic (exact) mass is 501 g/mol. The van der Waals surface area contributed by atoms with E-state index in [0.29, 0.717) is 23.4 Å². The lowest BCUT2D eigenvalue weighted by Gasteiger charge is -2.23. The topological polar surface area (TPSA) is 95.9 Å². The summed E-state index contributed by atoms with van der Waals surface area (Å²) in [6.07, 6.45) is 0.323. The summed E-state index contributed by atoms with van der Waals surface area (Å²) in [6.45, 7) is 3.47. The fourth-order valence-electron chi connectivity index (χ4n) is 3.71. The van der Waals surface area contributed by atoms with Gasteiger partial charge in [-0.2, -0.15) is 17.9 Å². The molecular formula is C24H24FN3O4S2. The van der Waals surface area contributed by atoms with Crippen LogP contribution in [0.25, 0.3) is 0 Å². The Bertz CT molecular complexity index is 1440. The van der Waals surface area contributed by atoms with Gasteiger partial charge in [0.1, 0.15) is 5.82 Å². The van der Waals surface area contributed by atoms with Gasteiger partial charge in [0.15, 0.2) is 0 Å². The van der Waals surface area contributed by atoms with E-state index < -0.39 is 31.9 Å². The van der Waals surface area contributed by atoms with Crippen molar-refractivity contribution in [1.29, 1.82) is 0 Å². The number of aryl methyl sites for hydroxylation is 1. The Balaban J connectivity index is 1.72. The van der Waals surface area contributed by atoms with Gasteiger partial charge in [0.2, 0.25) is 10.0 Å². The Morgan fingerprint density at radius 2 is 1.68 bits per heavy atom. The van der Waals surface area contributed by atoms with Crippen LogP contribution in [0.15, 0.2) is 82.8 Å². The predicted octanol–water partition coefficient (Wildman–Crippen LogP) is 4.44. The number of halogens is 1. The fourth-order valence-corrected chi connectivity index (χ4v) is 5.78. The van der Waals surface area contributed by atoms with Gasteiger partial charge in [0.05, 0.1) is 22.4 Å². The predicted molar refractivity (Wildman–Crippen MR) is 130 cm³/mol. The molecule has 1 unspecified atom stereocenters. The second-order valence-electron chi connectivity index (χ2n) is 8.00. The molecule has 1 atom stereocenters. The van der Waals surface area contributed by atoms with Crippen molar-refractivity contribution in [1.82, 2.24) is 4.41 Å². The van der Waals surface area contributed by atoms with E-state index in [1.54, 1.807) is 31.2 Å². The summed E-state index contributed by atoms with van der Waals surface area (Å²) >= 11 is 0. The largest absolute Gasteiger partial charge is 0.284 e. The number of anilines is 1. The van der Waals surface area contributed by atoms with Crippen molar-refractivity contribution >= 4 is 31.4 Å². The van der Waals surface area contributed by atoms with Crippen LogP contribution in [0, 0.1) is 12.7 Å². The Hall–Kier alpha value is -3.24. The molecule has 4 rings (SSSR count). The number of nitrogens with one attached hydrogen (secondary N) is 1. The molecule has 0 bridgehead atoms. The smallest absolute Gasteiger partial charge is 0.279 e. The minimum absolute atomic E-state index is 0.0458. The highest BCUT2D eigenvalue weighted by Gasteiger charge is 2.37. The summed E-state index contributed by atoms with van der Waals surface area (Å²) in [5.74, 6) is -0.575. The molecule has 1 N–H and O–H groups in total. The van der Waals surface area contributed by atoms with E-state index in [1.165, 1.54) is 12.1 Å². The summed E-state index contributed by atoms with van der Waals surface area (Å²) < 4.78 is 67.5. The number of hydrogen-bond donors (Lipinski definition) is 1. The number of sulfonamides is 2. The van der Waals surface area contributed by atoms with Gasteiger partial charge in [-0.15, -0.1) is 0 Å². The molecule has 0 aromatic heterocycles. The average molecular weight is 502 g/mol. The number of hydrogen-bond acceptors (Lipinski definition) is 5. The number of rotatable bonds is 7. The van der Waals surface area contributed by atoms with Gasteiger partial charge in [-0.25, -0.2) is 12.8 Å². The van der Waals surface area contributed by atoms with E-state index in [9.17, 15) is 21.2 Å². The molecule has 0 aliphatic carbocycles. The molecule has 10 heteroatoms. The highest BCUT2D eigenvalue weighted by atomic mass is 32.2. The number of benzene rings is 3. The van der Waals surface area contributed by atoms with Crippen LogP contribution < -0.4 is 4.72 Å². The Morgan fingerprint density at radius 1 is 1.00 bits per heavy atom. The second-order valence-corrected chi connectivity index (χ2v) is 11.8. The third-order valence-electron chi connectivity index (χ3n) is 5.53. The molecule has 7 nitrogen and oxygen atoms in total. The van der Waals surface area contributed by atoms with E-state index >= 15 is 0 Å². The minimum atomic E-state index is -4.05. The minimum Gasteiger partial charge on any atom is -0.284 e. The zero-order valence-corrected chi connectivity index (χ0v) is 20.3. The van der Waals surface area contributed by atoms with E-state index in [-0.39, 0.29) is 10.6 Å². The third kappa shape index (κ3) is 4.97. The molecule has 34 heavy (non-hydrogen) atoms. The quantitative estimate of drug-likeness (QED) is 0.518. The molecule has 178 valence electrons. The summed E-state index contributed by atoms with van der Waals surface area (Å²) in [7, 11) is -7.46. The van der Waals surface area contributed by atoms with Crippen LogP contribution in [0.5, 0.6) is 0 Å². The van der Waals surface area contributed by atoms with Crippen molar-refractivity contribution in [3.63, 3.8) is 0 Å². The summed E-state index contributed by atoms with van der Waals surface area (Å²) in [5.41, 5.74) is 3.40. The van der Waals surface area contributed by atoms with Crippen LogP contribution >= 0.6 is 0 Å². The highest BCUT2D eigenvalue weighted by molar-refractivity contribution is 7.92. The van der Waals surface area contributed by atoms with Gasteiger partial charge in [-0.05, 0) is 61.4 Å². The molecule has 0 fully saturated rings. The van der Waals surface area contributed by atoms with Gasteiger partial charge in [-0.1, -0.05) is 42.0 Å². The Labute approximate surface area is 199 Å². The first-order valence-electron chi connectivity index (χ1n) is 10.6. The van der Waals surface area contributed by atoms with E-state index in [0.717, 1.165) is 27.7 Å². The summed E-state index contributed by atoms with van der Waals surface area (Å²) in [5, 5.41) is 4.47. The first kappa shape index (κ1) is 23.9. The molecule has 3 aromatic carbocycles. The molecule has 0 spiro atoms. The number of hydrazone groups is 1. The second kappa shape index (κ2) is 9.19. The molecule has 1 aliphatic rings. The molecule has 0 amide bonds. The number of nitrogens with zero attached hydrogens (tertiary/aromatic N) is 2. The van der Waals surface area contributed by atoms with Crippen LogP contribution in [-0.4, -0.2) is 32.7 Å². The first-order valence-corrected chi connectivity index (χ1v) is 13.7. The Kier molecular flexibility index (Phi) is 6.46. The van der Waals surface area contributed by atoms with Crippen molar-refractivity contribution in [3.05, 3.63) is 95.3 Å². The molecule has 1 aliphatic heterocycles. The lowest BCUT2D eigenvalue weighted by Crippen LogP contribution is -2.27. The SMILES string of the molecule is CCS(=O)(=O)Nc1ccc(C2=NN(S(=O)(=O)c3ccc(F)cc3)C(c3cccc(C)c3)C2)cc1. The molecule has 1 heterocycles. The molecule has 0 radical (unpaired) electrons. The summed E-state index contributed by atoms with van der Waals surface area (Å²) in [6, 6.07) is 18.3. The molecule has 0 saturated heterocycles. The first-order chi connectivity index (χ1) is 16.1. The van der Waals surface area contributed by atoms with E-state index in [1.807, 2.05) is 31.2 Å². The molecule has 0 saturated carbocycles. The maximum Gasteiger partial charge on any atom is 0.279 e. The van der Waals surface area contributed by atoms with Crippen molar-refractivity contribution in [2.24, 2.45) is 5.10 Å². The maximum absolute atomic E-state index is 13.5. The Morgan fingerprint density at radius 3 is 2.29 bits per heavy atom. The zero-order valence-electron chi connectivity index (χ0n) is 18.6. The van der Waals surface area contributed by atoms with Crippen LogP contribution in [-0.2, 0) is 20.0 Å².